The summed E-state index contributed by atoms with van der Waals surface area (Å²) in [6.07, 6.45) is 2.37. The van der Waals surface area contributed by atoms with E-state index in [4.69, 9.17) is 14.2 Å². The largest absolute Gasteiger partial charge is 0.445 e. The smallest absolute Gasteiger partial charge is 0.407 e. The number of H-pyrrole nitrogens is 1. The highest BCUT2D eigenvalue weighted by Crippen LogP contribution is 2.40. The Balaban J connectivity index is 1.33. The Labute approximate surface area is 243 Å². The quantitative estimate of drug-likeness (QED) is 0.154. The van der Waals surface area contributed by atoms with Crippen molar-refractivity contribution in [2.75, 3.05) is 12.4 Å². The normalized spacial score (nSPS) is 18.5. The molecule has 0 bridgehead atoms. The molecule has 5 rings (SSSR count). The van der Waals surface area contributed by atoms with Gasteiger partial charge in [0.2, 0.25) is 0 Å². The van der Waals surface area contributed by atoms with Gasteiger partial charge in [-0.15, -0.1) is 0 Å². The molecular formula is C31H32N4O5S. The number of hydrogen-bond donors (Lipinski definition) is 3. The van der Waals surface area contributed by atoms with E-state index in [1.807, 2.05) is 66.7 Å². The molecule has 0 spiro atoms. The van der Waals surface area contributed by atoms with Gasteiger partial charge in [0.05, 0.1) is 18.8 Å². The monoisotopic (exact) mass is 572 g/mol. The standard InChI is InChI=1S/C31H32N4O5S/c1-2-13-38-31(37)32-17-22-5-3-6-24(14-22)25-7-4-8-26(15-25)29-39-27(19-41-30-33-20-34-35-30)16-28(40-29)23-11-9-21(18-36)10-12-23/h2-12,14-15,20,27-29,36H,1,13,16-19H2,(H,32,37)(H,33,34,35)/t27-,28+,29+/m0/s1. The van der Waals surface area contributed by atoms with Crippen molar-refractivity contribution >= 4 is 17.9 Å². The van der Waals surface area contributed by atoms with Crippen LogP contribution in [-0.2, 0) is 27.4 Å². The fraction of sp³-hybridized carbons (Fsp3) is 0.258. The number of thioether (sulfide) groups is 1. The van der Waals surface area contributed by atoms with Gasteiger partial charge in [-0.05, 0) is 39.9 Å². The summed E-state index contributed by atoms with van der Waals surface area (Å²) in [5, 5.41) is 19.8. The number of benzene rings is 3. The second kappa shape index (κ2) is 14.1. The van der Waals surface area contributed by atoms with Crippen LogP contribution in [0.15, 0.2) is 96.9 Å². The van der Waals surface area contributed by atoms with Gasteiger partial charge in [0.25, 0.3) is 0 Å². The summed E-state index contributed by atoms with van der Waals surface area (Å²) in [5.41, 5.74) is 5.76. The first-order valence-corrected chi connectivity index (χ1v) is 14.3. The summed E-state index contributed by atoms with van der Waals surface area (Å²) >= 11 is 1.56. The molecule has 3 atom stereocenters. The van der Waals surface area contributed by atoms with Crippen molar-refractivity contribution in [3.8, 4) is 11.1 Å². The predicted octanol–water partition coefficient (Wildman–Crippen LogP) is 5.71. The van der Waals surface area contributed by atoms with E-state index >= 15 is 0 Å². The number of nitrogens with one attached hydrogen (secondary N) is 2. The molecule has 0 unspecified atom stereocenters. The Kier molecular flexibility index (Phi) is 9.82. The van der Waals surface area contributed by atoms with Crippen molar-refractivity contribution in [1.82, 2.24) is 20.5 Å². The molecule has 10 heteroatoms. The summed E-state index contributed by atoms with van der Waals surface area (Å²) < 4.78 is 18.0. The highest BCUT2D eigenvalue weighted by Gasteiger charge is 2.32. The number of rotatable bonds is 11. The minimum Gasteiger partial charge on any atom is -0.445 e. The zero-order valence-corrected chi connectivity index (χ0v) is 23.3. The molecule has 1 aliphatic rings. The molecule has 0 aliphatic carbocycles. The van der Waals surface area contributed by atoms with E-state index in [1.165, 1.54) is 12.4 Å². The Morgan fingerprint density at radius 1 is 1.07 bits per heavy atom. The highest BCUT2D eigenvalue weighted by molar-refractivity contribution is 7.99. The van der Waals surface area contributed by atoms with Crippen LogP contribution in [0.5, 0.6) is 0 Å². The van der Waals surface area contributed by atoms with Gasteiger partial charge in [0.1, 0.15) is 12.9 Å². The molecule has 0 saturated carbocycles. The lowest BCUT2D eigenvalue weighted by molar-refractivity contribution is -0.245. The first-order chi connectivity index (χ1) is 20.1. The van der Waals surface area contributed by atoms with Crippen LogP contribution in [0, 0.1) is 0 Å². The van der Waals surface area contributed by atoms with Crippen LogP contribution in [0.3, 0.4) is 0 Å². The summed E-state index contributed by atoms with van der Waals surface area (Å²) in [5.74, 6) is 0.685. The molecule has 212 valence electrons. The maximum Gasteiger partial charge on any atom is 0.407 e. The van der Waals surface area contributed by atoms with Gasteiger partial charge in [-0.25, -0.2) is 9.78 Å². The van der Waals surface area contributed by atoms with Crippen LogP contribution in [0.4, 0.5) is 4.79 Å². The first-order valence-electron chi connectivity index (χ1n) is 13.3. The zero-order valence-electron chi connectivity index (χ0n) is 22.4. The summed E-state index contributed by atoms with van der Waals surface area (Å²) in [6.45, 7) is 4.06. The van der Waals surface area contributed by atoms with E-state index in [0.29, 0.717) is 18.7 Å². The van der Waals surface area contributed by atoms with Crippen molar-refractivity contribution < 1.29 is 24.1 Å². The van der Waals surface area contributed by atoms with Gasteiger partial charge in [0.15, 0.2) is 11.4 Å². The second-order valence-electron chi connectivity index (χ2n) is 9.52. The zero-order chi connectivity index (χ0) is 28.4. The number of ether oxygens (including phenoxy) is 3. The van der Waals surface area contributed by atoms with Gasteiger partial charge >= 0.3 is 6.09 Å². The Morgan fingerprint density at radius 2 is 1.88 bits per heavy atom. The third kappa shape index (κ3) is 7.83. The van der Waals surface area contributed by atoms with Gasteiger partial charge in [-0.3, -0.25) is 5.10 Å². The molecule has 0 radical (unpaired) electrons. The van der Waals surface area contributed by atoms with E-state index in [1.54, 1.807) is 11.8 Å². The number of carbonyl (C=O) groups excluding carboxylic acids is 1. The molecule has 1 aliphatic heterocycles. The van der Waals surface area contributed by atoms with Gasteiger partial charge < -0.3 is 24.6 Å². The Hall–Kier alpha value is -3.96. The van der Waals surface area contributed by atoms with Crippen molar-refractivity contribution in [3.05, 3.63) is 114 Å². The average Bonchev–Trinajstić information content (AvgIpc) is 3.56. The third-order valence-electron chi connectivity index (χ3n) is 6.60. The third-order valence-corrected chi connectivity index (χ3v) is 7.61. The maximum absolute atomic E-state index is 11.8. The Morgan fingerprint density at radius 3 is 2.63 bits per heavy atom. The van der Waals surface area contributed by atoms with Gasteiger partial charge in [-0.1, -0.05) is 85.1 Å². The van der Waals surface area contributed by atoms with Crippen LogP contribution in [-0.4, -0.2) is 44.8 Å². The molecule has 1 fully saturated rings. The van der Waals surface area contributed by atoms with Crippen LogP contribution >= 0.6 is 11.8 Å². The summed E-state index contributed by atoms with van der Waals surface area (Å²) in [6, 6.07) is 24.0. The summed E-state index contributed by atoms with van der Waals surface area (Å²) in [4.78, 5) is 16.0. The number of alkyl carbamates (subject to hydrolysis) is 1. The lowest BCUT2D eigenvalue weighted by Crippen LogP contribution is -2.31. The number of aliphatic hydroxyl groups excluding tert-OH is 1. The van der Waals surface area contributed by atoms with Crippen LogP contribution < -0.4 is 5.32 Å². The van der Waals surface area contributed by atoms with Crippen LogP contribution in [0.1, 0.15) is 41.1 Å². The number of carbonyl (C=O) groups is 1. The second-order valence-corrected chi connectivity index (χ2v) is 10.5. The highest BCUT2D eigenvalue weighted by atomic mass is 32.2. The van der Waals surface area contributed by atoms with E-state index in [9.17, 15) is 9.90 Å². The molecule has 41 heavy (non-hydrogen) atoms. The molecule has 4 aromatic rings. The maximum atomic E-state index is 11.8. The molecule has 2 heterocycles. The minimum atomic E-state index is -0.573. The molecular weight excluding hydrogens is 540 g/mol. The van der Waals surface area contributed by atoms with Gasteiger partial charge in [0, 0.05) is 24.3 Å². The van der Waals surface area contributed by atoms with Crippen molar-refractivity contribution in [3.63, 3.8) is 0 Å². The molecule has 1 amide bonds. The van der Waals surface area contributed by atoms with Crippen molar-refractivity contribution in [2.45, 2.75) is 43.2 Å². The minimum absolute atomic E-state index is 0.00254. The number of aromatic amines is 1. The number of amides is 1. The van der Waals surface area contributed by atoms with E-state index < -0.39 is 12.4 Å². The van der Waals surface area contributed by atoms with E-state index in [-0.39, 0.29) is 25.4 Å². The van der Waals surface area contributed by atoms with Crippen LogP contribution in [0.2, 0.25) is 0 Å². The molecule has 3 aromatic carbocycles. The average molecular weight is 573 g/mol. The fourth-order valence-corrected chi connectivity index (χ4v) is 5.34. The molecule has 3 N–H and O–H groups in total. The SMILES string of the molecule is C=CCOC(=O)NCc1cccc(-c2cccc([C@@H]3O[C@H](CSc4ncn[nH]4)C[C@H](c4ccc(CO)cc4)O3)c2)c1. The van der Waals surface area contributed by atoms with Crippen molar-refractivity contribution in [2.24, 2.45) is 0 Å². The predicted molar refractivity (Wildman–Crippen MR) is 156 cm³/mol. The topological polar surface area (TPSA) is 119 Å². The molecule has 1 saturated heterocycles. The lowest BCUT2D eigenvalue weighted by atomic mass is 9.99. The van der Waals surface area contributed by atoms with Crippen molar-refractivity contribution in [1.29, 1.82) is 0 Å². The van der Waals surface area contributed by atoms with Gasteiger partial charge in [-0.2, -0.15) is 5.10 Å². The summed E-state index contributed by atoms with van der Waals surface area (Å²) in [7, 11) is 0. The molecule has 1 aromatic heterocycles. The fourth-order valence-electron chi connectivity index (χ4n) is 4.54. The number of aliphatic hydroxyl groups is 1. The number of aromatic nitrogens is 3. The first kappa shape index (κ1) is 28.6. The van der Waals surface area contributed by atoms with Crippen LogP contribution in [0.25, 0.3) is 11.1 Å². The van der Waals surface area contributed by atoms with E-state index in [0.717, 1.165) is 38.5 Å². The lowest BCUT2D eigenvalue weighted by Gasteiger charge is -2.36. The Bertz CT molecular complexity index is 1430. The number of nitrogens with zero attached hydrogens (tertiary/aromatic N) is 2. The number of hydrogen-bond acceptors (Lipinski definition) is 8. The molecule has 9 nitrogen and oxygen atoms in total. The van der Waals surface area contributed by atoms with E-state index in [2.05, 4.69) is 33.1 Å².